The van der Waals surface area contributed by atoms with Gasteiger partial charge in [0.15, 0.2) is 0 Å². The number of aromatic nitrogens is 2. The van der Waals surface area contributed by atoms with Crippen LogP contribution in [0.5, 0.6) is 0 Å². The number of carbonyl (C=O) groups excluding carboxylic acids is 1. The van der Waals surface area contributed by atoms with Gasteiger partial charge in [-0.15, -0.1) is 0 Å². The topological polar surface area (TPSA) is 83.7 Å². The van der Waals surface area contributed by atoms with Crippen LogP contribution in [0.2, 0.25) is 0 Å². The molecule has 2 aromatic rings. The molecule has 0 atom stereocenters. The molecule has 122 valence electrons. The standard InChI is InChI=1S/C17H21N3O3/c21-15(11-13-12-20-10-6-3-7-14(20)18-13)19-17(16(22)23)8-4-1-2-5-9-17/h3,6-7,10,12H,1-2,4-5,8-9,11H2,(H,19,21)(H,22,23). The van der Waals surface area contributed by atoms with Gasteiger partial charge in [0.2, 0.25) is 5.91 Å². The van der Waals surface area contributed by atoms with Crippen molar-refractivity contribution in [2.75, 3.05) is 0 Å². The molecule has 1 aliphatic carbocycles. The number of carboxylic acids is 1. The number of nitrogens with zero attached hydrogens (tertiary/aromatic N) is 2. The molecule has 1 amide bonds. The maximum absolute atomic E-state index is 12.4. The van der Waals surface area contributed by atoms with Crippen LogP contribution in [0.1, 0.15) is 44.2 Å². The van der Waals surface area contributed by atoms with Crippen molar-refractivity contribution >= 4 is 17.5 Å². The minimum absolute atomic E-state index is 0.0940. The van der Waals surface area contributed by atoms with Crippen molar-refractivity contribution in [2.24, 2.45) is 0 Å². The molecule has 1 aliphatic rings. The third kappa shape index (κ3) is 3.36. The second-order valence-corrected chi connectivity index (χ2v) is 6.22. The number of carbonyl (C=O) groups is 2. The third-order valence-corrected chi connectivity index (χ3v) is 4.50. The van der Waals surface area contributed by atoms with Gasteiger partial charge in [-0.05, 0) is 25.0 Å². The summed E-state index contributed by atoms with van der Waals surface area (Å²) in [6, 6.07) is 5.64. The van der Waals surface area contributed by atoms with E-state index < -0.39 is 11.5 Å². The van der Waals surface area contributed by atoms with Gasteiger partial charge in [-0.3, -0.25) is 4.79 Å². The lowest BCUT2D eigenvalue weighted by Gasteiger charge is -2.29. The minimum Gasteiger partial charge on any atom is -0.480 e. The molecule has 0 radical (unpaired) electrons. The molecule has 1 saturated carbocycles. The Morgan fingerprint density at radius 3 is 2.61 bits per heavy atom. The van der Waals surface area contributed by atoms with E-state index in [2.05, 4.69) is 10.3 Å². The van der Waals surface area contributed by atoms with Gasteiger partial charge in [-0.25, -0.2) is 9.78 Å². The average Bonchev–Trinajstić information content (AvgIpc) is 2.76. The number of aliphatic carboxylic acids is 1. The van der Waals surface area contributed by atoms with Crippen LogP contribution in [-0.4, -0.2) is 31.9 Å². The van der Waals surface area contributed by atoms with Gasteiger partial charge >= 0.3 is 5.97 Å². The van der Waals surface area contributed by atoms with Crippen LogP contribution >= 0.6 is 0 Å². The van der Waals surface area contributed by atoms with Crippen molar-refractivity contribution in [3.05, 3.63) is 36.3 Å². The first-order valence-corrected chi connectivity index (χ1v) is 8.06. The van der Waals surface area contributed by atoms with Crippen molar-refractivity contribution < 1.29 is 14.7 Å². The second kappa shape index (κ2) is 6.40. The van der Waals surface area contributed by atoms with Crippen molar-refractivity contribution in [1.82, 2.24) is 14.7 Å². The lowest BCUT2D eigenvalue weighted by atomic mass is 9.90. The zero-order chi connectivity index (χ0) is 16.3. The number of carboxylic acid groups (broad SMARTS) is 1. The molecule has 0 aliphatic heterocycles. The van der Waals surface area contributed by atoms with E-state index in [1.807, 2.05) is 28.8 Å². The SMILES string of the molecule is O=C(Cc1cn2ccccc2n1)NC1(C(=O)O)CCCCCC1. The fourth-order valence-corrected chi connectivity index (χ4v) is 3.27. The summed E-state index contributed by atoms with van der Waals surface area (Å²) in [6.07, 6.45) is 8.48. The maximum Gasteiger partial charge on any atom is 0.329 e. The normalized spacial score (nSPS) is 17.6. The van der Waals surface area contributed by atoms with Gasteiger partial charge in [0, 0.05) is 12.4 Å². The molecule has 0 bridgehead atoms. The summed E-state index contributed by atoms with van der Waals surface area (Å²) in [4.78, 5) is 28.5. The van der Waals surface area contributed by atoms with Crippen LogP contribution in [0.4, 0.5) is 0 Å². The fourth-order valence-electron chi connectivity index (χ4n) is 3.27. The second-order valence-electron chi connectivity index (χ2n) is 6.22. The Bertz CT molecular complexity index is 682. The van der Waals surface area contributed by atoms with Crippen molar-refractivity contribution in [2.45, 2.75) is 50.5 Å². The number of imidazole rings is 1. The first-order chi connectivity index (χ1) is 11.1. The summed E-state index contributed by atoms with van der Waals surface area (Å²) < 4.78 is 1.85. The van der Waals surface area contributed by atoms with E-state index in [4.69, 9.17) is 0 Å². The molecule has 0 unspecified atom stereocenters. The van der Waals surface area contributed by atoms with Gasteiger partial charge in [0.1, 0.15) is 11.2 Å². The predicted molar refractivity (Wildman–Crippen MR) is 85.1 cm³/mol. The Labute approximate surface area is 134 Å². The van der Waals surface area contributed by atoms with Crippen LogP contribution in [0.25, 0.3) is 5.65 Å². The molecular weight excluding hydrogens is 294 g/mol. The van der Waals surface area contributed by atoms with E-state index in [-0.39, 0.29) is 12.3 Å². The van der Waals surface area contributed by atoms with Crippen molar-refractivity contribution in [3.63, 3.8) is 0 Å². The van der Waals surface area contributed by atoms with Crippen LogP contribution in [0.15, 0.2) is 30.6 Å². The lowest BCUT2D eigenvalue weighted by molar-refractivity contribution is -0.148. The number of nitrogens with one attached hydrogen (secondary N) is 1. The summed E-state index contributed by atoms with van der Waals surface area (Å²) in [5.74, 6) is -1.21. The highest BCUT2D eigenvalue weighted by atomic mass is 16.4. The molecule has 2 N–H and O–H groups in total. The summed E-state index contributed by atoms with van der Waals surface area (Å²) in [5, 5.41) is 12.4. The fraction of sp³-hybridized carbons (Fsp3) is 0.471. The van der Waals surface area contributed by atoms with Crippen LogP contribution in [0, 0.1) is 0 Å². The van der Waals surface area contributed by atoms with Gasteiger partial charge in [0.05, 0.1) is 12.1 Å². The molecular formula is C17H21N3O3. The molecule has 0 saturated heterocycles. The smallest absolute Gasteiger partial charge is 0.329 e. The van der Waals surface area contributed by atoms with Gasteiger partial charge in [-0.2, -0.15) is 0 Å². The Kier molecular flexibility index (Phi) is 4.32. The van der Waals surface area contributed by atoms with E-state index in [9.17, 15) is 14.7 Å². The third-order valence-electron chi connectivity index (χ3n) is 4.50. The molecule has 3 rings (SSSR count). The average molecular weight is 315 g/mol. The van der Waals surface area contributed by atoms with E-state index in [1.165, 1.54) is 0 Å². The molecule has 6 nitrogen and oxygen atoms in total. The molecule has 0 aromatic carbocycles. The Hall–Kier alpha value is -2.37. The first kappa shape index (κ1) is 15.5. The summed E-state index contributed by atoms with van der Waals surface area (Å²) in [6.45, 7) is 0. The zero-order valence-corrected chi connectivity index (χ0v) is 13.0. The first-order valence-electron chi connectivity index (χ1n) is 8.06. The van der Waals surface area contributed by atoms with Crippen molar-refractivity contribution in [3.8, 4) is 0 Å². The molecule has 6 heteroatoms. The van der Waals surface area contributed by atoms with Gasteiger partial charge < -0.3 is 14.8 Å². The summed E-state index contributed by atoms with van der Waals surface area (Å²) in [7, 11) is 0. The Morgan fingerprint density at radius 2 is 1.96 bits per heavy atom. The van der Waals surface area contributed by atoms with Crippen LogP contribution < -0.4 is 5.32 Å². The maximum atomic E-state index is 12.4. The lowest BCUT2D eigenvalue weighted by Crippen LogP contribution is -2.54. The number of fused-ring (bicyclic) bond motifs is 1. The molecule has 2 aromatic heterocycles. The minimum atomic E-state index is -1.12. The number of hydrogen-bond donors (Lipinski definition) is 2. The number of pyridine rings is 1. The molecule has 2 heterocycles. The number of rotatable bonds is 4. The molecule has 0 spiro atoms. The largest absolute Gasteiger partial charge is 0.480 e. The zero-order valence-electron chi connectivity index (χ0n) is 13.0. The van der Waals surface area contributed by atoms with E-state index in [1.54, 1.807) is 6.20 Å². The van der Waals surface area contributed by atoms with E-state index >= 15 is 0 Å². The Balaban J connectivity index is 1.72. The van der Waals surface area contributed by atoms with Crippen LogP contribution in [0.3, 0.4) is 0 Å². The Morgan fingerprint density at radius 1 is 1.22 bits per heavy atom. The molecule has 1 fully saturated rings. The van der Waals surface area contributed by atoms with Gasteiger partial charge in [-0.1, -0.05) is 31.7 Å². The summed E-state index contributed by atoms with van der Waals surface area (Å²) >= 11 is 0. The highest BCUT2D eigenvalue weighted by Gasteiger charge is 2.39. The highest BCUT2D eigenvalue weighted by Crippen LogP contribution is 2.27. The van der Waals surface area contributed by atoms with Crippen LogP contribution in [-0.2, 0) is 16.0 Å². The van der Waals surface area contributed by atoms with E-state index in [0.717, 1.165) is 31.3 Å². The van der Waals surface area contributed by atoms with E-state index in [0.29, 0.717) is 18.5 Å². The number of amides is 1. The predicted octanol–water partition coefficient (Wildman–Crippen LogP) is 2.17. The van der Waals surface area contributed by atoms with Crippen molar-refractivity contribution in [1.29, 1.82) is 0 Å². The monoisotopic (exact) mass is 315 g/mol. The summed E-state index contributed by atoms with van der Waals surface area (Å²) in [5.41, 5.74) is 0.299. The highest BCUT2D eigenvalue weighted by molar-refractivity contribution is 5.87. The van der Waals surface area contributed by atoms with Gasteiger partial charge in [0.25, 0.3) is 0 Å². The molecule has 23 heavy (non-hydrogen) atoms. The quantitative estimate of drug-likeness (QED) is 0.847. The number of hydrogen-bond acceptors (Lipinski definition) is 3.